The monoisotopic (exact) mass is 302 g/mol. The van der Waals surface area contributed by atoms with Gasteiger partial charge >= 0.3 is 0 Å². The highest BCUT2D eigenvalue weighted by atomic mass is 32.1. The molecule has 1 aromatic heterocycles. The van der Waals surface area contributed by atoms with Gasteiger partial charge in [-0.05, 0) is 29.5 Å². The van der Waals surface area contributed by atoms with Gasteiger partial charge < -0.3 is 10.6 Å². The van der Waals surface area contributed by atoms with Gasteiger partial charge in [0.1, 0.15) is 0 Å². The van der Waals surface area contributed by atoms with Crippen LogP contribution < -0.4 is 10.6 Å². The highest BCUT2D eigenvalue weighted by molar-refractivity contribution is 7.12. The Hall–Kier alpha value is -2.14. The molecule has 1 aromatic carbocycles. The quantitative estimate of drug-likeness (QED) is 0.861. The number of hydrogen-bond acceptors (Lipinski definition) is 3. The molecule has 110 valence electrons. The van der Waals surface area contributed by atoms with E-state index in [-0.39, 0.29) is 18.2 Å². The van der Waals surface area contributed by atoms with E-state index in [1.165, 1.54) is 11.3 Å². The number of benzene rings is 1. The number of nitrogens with one attached hydrogen (secondary N) is 2. The summed E-state index contributed by atoms with van der Waals surface area (Å²) in [4.78, 5) is 24.1. The summed E-state index contributed by atoms with van der Waals surface area (Å²) in [5, 5.41) is 7.45. The molecule has 2 N–H and O–H groups in total. The molecular weight excluding hydrogens is 284 g/mol. The highest BCUT2D eigenvalue weighted by Crippen LogP contribution is 2.08. The Balaban J connectivity index is 1.68. The summed E-state index contributed by atoms with van der Waals surface area (Å²) in [5.41, 5.74) is 2.26. The molecular formula is C16H18N2O2S. The first kappa shape index (κ1) is 15.3. The number of carbonyl (C=O) groups is 2. The molecule has 0 saturated carbocycles. The molecule has 4 nitrogen and oxygen atoms in total. The van der Waals surface area contributed by atoms with E-state index in [0.717, 1.165) is 11.1 Å². The lowest BCUT2D eigenvalue weighted by molar-refractivity contribution is -0.121. The van der Waals surface area contributed by atoms with Gasteiger partial charge in [-0.15, -0.1) is 11.3 Å². The summed E-state index contributed by atoms with van der Waals surface area (Å²) in [6.45, 7) is 2.88. The van der Waals surface area contributed by atoms with Gasteiger partial charge in [-0.2, -0.15) is 0 Å². The third-order valence-electron chi connectivity index (χ3n) is 3.12. The molecule has 0 aliphatic rings. The van der Waals surface area contributed by atoms with Crippen LogP contribution in [0.25, 0.3) is 0 Å². The number of carbonyl (C=O) groups excluding carboxylic acids is 2. The zero-order valence-corrected chi connectivity index (χ0v) is 12.7. The van der Waals surface area contributed by atoms with Gasteiger partial charge in [-0.25, -0.2) is 0 Å². The Morgan fingerprint density at radius 1 is 1.10 bits per heavy atom. The first-order valence-corrected chi connectivity index (χ1v) is 7.67. The molecule has 1 heterocycles. The Labute approximate surface area is 128 Å². The van der Waals surface area contributed by atoms with Crippen molar-refractivity contribution in [3.63, 3.8) is 0 Å². The average Bonchev–Trinajstić information content (AvgIpc) is 3.00. The Kier molecular flexibility index (Phi) is 5.51. The zero-order chi connectivity index (χ0) is 15.1. The molecule has 0 aliphatic heterocycles. The second kappa shape index (κ2) is 7.59. The number of amides is 2. The minimum atomic E-state index is -0.128. The first-order valence-electron chi connectivity index (χ1n) is 6.79. The van der Waals surface area contributed by atoms with Gasteiger partial charge in [0.05, 0.1) is 4.88 Å². The lowest BCUT2D eigenvalue weighted by Gasteiger charge is -2.08. The molecule has 2 amide bonds. The van der Waals surface area contributed by atoms with Crippen LogP contribution in [0.15, 0.2) is 41.8 Å². The van der Waals surface area contributed by atoms with Crippen LogP contribution in [0.5, 0.6) is 0 Å². The molecule has 5 heteroatoms. The van der Waals surface area contributed by atoms with E-state index in [1.807, 2.05) is 42.6 Å². The third-order valence-corrected chi connectivity index (χ3v) is 3.99. The van der Waals surface area contributed by atoms with Crippen molar-refractivity contribution in [3.8, 4) is 0 Å². The van der Waals surface area contributed by atoms with Crippen molar-refractivity contribution < 1.29 is 9.59 Å². The lowest BCUT2D eigenvalue weighted by Crippen LogP contribution is -2.30. The molecule has 0 fully saturated rings. The first-order chi connectivity index (χ1) is 10.2. The van der Waals surface area contributed by atoms with E-state index in [9.17, 15) is 9.59 Å². The van der Waals surface area contributed by atoms with E-state index in [1.54, 1.807) is 6.07 Å². The van der Waals surface area contributed by atoms with Crippen molar-refractivity contribution in [1.82, 2.24) is 10.6 Å². The number of aryl methyl sites for hydroxylation is 1. The standard InChI is InChI=1S/C16H18N2O2S/c1-12-5-2-3-6-13(12)11-18-15(19)8-9-17-16(20)14-7-4-10-21-14/h2-7,10H,8-9,11H2,1H3,(H,17,20)(H,18,19). The number of thiophene rings is 1. The maximum atomic E-state index is 11.7. The lowest BCUT2D eigenvalue weighted by atomic mass is 10.1. The number of hydrogen-bond donors (Lipinski definition) is 2. The van der Waals surface area contributed by atoms with Crippen LogP contribution in [0.2, 0.25) is 0 Å². The summed E-state index contributed by atoms with van der Waals surface area (Å²) in [5.74, 6) is -0.193. The maximum absolute atomic E-state index is 11.7. The Morgan fingerprint density at radius 3 is 2.62 bits per heavy atom. The molecule has 0 bridgehead atoms. The van der Waals surface area contributed by atoms with Gasteiger partial charge in [0, 0.05) is 19.5 Å². The SMILES string of the molecule is Cc1ccccc1CNC(=O)CCNC(=O)c1cccs1. The van der Waals surface area contributed by atoms with Gasteiger partial charge in [-0.1, -0.05) is 30.3 Å². The maximum Gasteiger partial charge on any atom is 0.261 e. The van der Waals surface area contributed by atoms with Crippen molar-refractivity contribution in [2.45, 2.75) is 19.9 Å². The molecule has 0 radical (unpaired) electrons. The van der Waals surface area contributed by atoms with E-state index in [0.29, 0.717) is 18.0 Å². The Morgan fingerprint density at radius 2 is 1.90 bits per heavy atom. The minimum Gasteiger partial charge on any atom is -0.352 e. The summed E-state index contributed by atoms with van der Waals surface area (Å²) >= 11 is 1.39. The highest BCUT2D eigenvalue weighted by Gasteiger charge is 2.07. The molecule has 0 spiro atoms. The van der Waals surface area contributed by atoms with Crippen molar-refractivity contribution in [2.75, 3.05) is 6.54 Å². The predicted octanol–water partition coefficient (Wildman–Crippen LogP) is 2.49. The number of rotatable bonds is 6. The smallest absolute Gasteiger partial charge is 0.261 e. The molecule has 2 aromatic rings. The van der Waals surface area contributed by atoms with Gasteiger partial charge in [0.2, 0.25) is 5.91 Å². The van der Waals surface area contributed by atoms with E-state index < -0.39 is 0 Å². The van der Waals surface area contributed by atoms with Crippen LogP contribution in [0.1, 0.15) is 27.2 Å². The van der Waals surface area contributed by atoms with Crippen LogP contribution in [0.3, 0.4) is 0 Å². The van der Waals surface area contributed by atoms with Crippen molar-refractivity contribution in [3.05, 3.63) is 57.8 Å². The van der Waals surface area contributed by atoms with Crippen LogP contribution >= 0.6 is 11.3 Å². The van der Waals surface area contributed by atoms with E-state index >= 15 is 0 Å². The molecule has 0 aliphatic carbocycles. The summed E-state index contributed by atoms with van der Waals surface area (Å²) in [6.07, 6.45) is 0.281. The van der Waals surface area contributed by atoms with Crippen molar-refractivity contribution in [1.29, 1.82) is 0 Å². The molecule has 21 heavy (non-hydrogen) atoms. The minimum absolute atomic E-state index is 0.0651. The van der Waals surface area contributed by atoms with E-state index in [2.05, 4.69) is 10.6 Å². The van der Waals surface area contributed by atoms with Crippen LogP contribution in [0, 0.1) is 6.92 Å². The fraction of sp³-hybridized carbons (Fsp3) is 0.250. The fourth-order valence-electron chi connectivity index (χ4n) is 1.88. The Bertz CT molecular complexity index is 608. The largest absolute Gasteiger partial charge is 0.352 e. The normalized spacial score (nSPS) is 10.1. The summed E-state index contributed by atoms with van der Waals surface area (Å²) in [6, 6.07) is 11.5. The van der Waals surface area contributed by atoms with Crippen molar-refractivity contribution >= 4 is 23.2 Å². The third kappa shape index (κ3) is 4.72. The summed E-state index contributed by atoms with van der Waals surface area (Å²) < 4.78 is 0. The topological polar surface area (TPSA) is 58.2 Å². The van der Waals surface area contributed by atoms with Crippen LogP contribution in [-0.4, -0.2) is 18.4 Å². The molecule has 0 saturated heterocycles. The fourth-order valence-corrected chi connectivity index (χ4v) is 2.52. The van der Waals surface area contributed by atoms with Gasteiger partial charge in [0.15, 0.2) is 0 Å². The van der Waals surface area contributed by atoms with Crippen LogP contribution in [-0.2, 0) is 11.3 Å². The molecule has 2 rings (SSSR count). The van der Waals surface area contributed by atoms with Gasteiger partial charge in [0.25, 0.3) is 5.91 Å². The second-order valence-electron chi connectivity index (χ2n) is 4.69. The average molecular weight is 302 g/mol. The summed E-state index contributed by atoms with van der Waals surface area (Å²) in [7, 11) is 0. The zero-order valence-electron chi connectivity index (χ0n) is 11.9. The van der Waals surface area contributed by atoms with E-state index in [4.69, 9.17) is 0 Å². The predicted molar refractivity (Wildman–Crippen MR) is 84.3 cm³/mol. The van der Waals surface area contributed by atoms with Crippen molar-refractivity contribution in [2.24, 2.45) is 0 Å². The van der Waals surface area contributed by atoms with Crippen LogP contribution in [0.4, 0.5) is 0 Å². The molecule has 0 unspecified atom stereocenters. The molecule has 0 atom stereocenters. The second-order valence-corrected chi connectivity index (χ2v) is 5.63. The van der Waals surface area contributed by atoms with Gasteiger partial charge in [-0.3, -0.25) is 9.59 Å².